The third-order valence-electron chi connectivity index (χ3n) is 8.07. The Bertz CT molecular complexity index is 1390. The van der Waals surface area contributed by atoms with Gasteiger partial charge in [0.2, 0.25) is 11.8 Å². The lowest BCUT2D eigenvalue weighted by molar-refractivity contribution is -0.124. The average Bonchev–Trinajstić information content (AvgIpc) is 3.53. The van der Waals surface area contributed by atoms with Crippen LogP contribution in [0.3, 0.4) is 0 Å². The monoisotopic (exact) mass is 436 g/mol. The van der Waals surface area contributed by atoms with Crippen molar-refractivity contribution in [2.45, 2.75) is 24.4 Å². The van der Waals surface area contributed by atoms with Gasteiger partial charge in [-0.1, -0.05) is 54.6 Å². The molecule has 6 heteroatoms. The largest absolute Gasteiger partial charge is 0.291 e. The minimum atomic E-state index is -1.60. The molecule has 3 aromatic rings. The van der Waals surface area contributed by atoms with Crippen molar-refractivity contribution in [3.8, 4) is 0 Å². The topological polar surface area (TPSA) is 74.8 Å². The summed E-state index contributed by atoms with van der Waals surface area (Å²) in [6.45, 7) is 0.541. The van der Waals surface area contributed by atoms with E-state index in [2.05, 4.69) is 0 Å². The third-order valence-corrected chi connectivity index (χ3v) is 8.07. The molecule has 3 saturated heterocycles. The van der Waals surface area contributed by atoms with E-state index in [1.54, 1.807) is 30.3 Å². The van der Waals surface area contributed by atoms with E-state index in [0.29, 0.717) is 29.8 Å². The van der Waals surface area contributed by atoms with Gasteiger partial charge in [0.1, 0.15) is 0 Å². The molecule has 33 heavy (non-hydrogen) atoms. The molecule has 0 saturated carbocycles. The molecule has 0 radical (unpaired) electrons. The highest BCUT2D eigenvalue weighted by atomic mass is 16.2. The number of ketones is 2. The van der Waals surface area contributed by atoms with Gasteiger partial charge in [0.25, 0.3) is 0 Å². The number of anilines is 1. The number of carbonyl (C=O) groups is 4. The van der Waals surface area contributed by atoms with Crippen molar-refractivity contribution < 1.29 is 19.2 Å². The van der Waals surface area contributed by atoms with Crippen LogP contribution in [0.1, 0.15) is 33.6 Å². The van der Waals surface area contributed by atoms with Crippen LogP contribution in [0.25, 0.3) is 10.8 Å². The number of benzene rings is 3. The van der Waals surface area contributed by atoms with Gasteiger partial charge in [0.05, 0.1) is 17.5 Å². The van der Waals surface area contributed by atoms with E-state index < -0.39 is 23.3 Å². The second-order valence-corrected chi connectivity index (χ2v) is 9.42. The number of Topliss-reactive ketones (excluding diaryl/α,β-unsaturated/α-hetero) is 2. The van der Waals surface area contributed by atoms with Crippen LogP contribution in [0.15, 0.2) is 66.7 Å². The van der Waals surface area contributed by atoms with E-state index in [4.69, 9.17) is 0 Å². The van der Waals surface area contributed by atoms with Gasteiger partial charge >= 0.3 is 0 Å². The Hall–Kier alpha value is -3.64. The fourth-order valence-corrected chi connectivity index (χ4v) is 6.81. The second kappa shape index (κ2) is 6.23. The lowest BCUT2D eigenvalue weighted by Crippen LogP contribution is -2.59. The van der Waals surface area contributed by atoms with Crippen LogP contribution in [0.2, 0.25) is 0 Å². The summed E-state index contributed by atoms with van der Waals surface area (Å²) in [4.78, 5) is 58.5. The fourth-order valence-electron chi connectivity index (χ4n) is 6.81. The third kappa shape index (κ3) is 2.08. The molecule has 4 aliphatic rings. The first-order valence-corrected chi connectivity index (χ1v) is 11.4. The molecule has 0 N–H and O–H groups in total. The summed E-state index contributed by atoms with van der Waals surface area (Å²) in [5, 5.41) is 1.93. The van der Waals surface area contributed by atoms with E-state index in [0.717, 1.165) is 17.2 Å². The van der Waals surface area contributed by atoms with Crippen LogP contribution in [-0.2, 0) is 9.59 Å². The standard InChI is InChI=1S/C27H20N2O4/c30-23-18-8-3-4-9-19(18)24(31)27(23)22-21(20-10-5-13-28(20)27)25(32)29(26(22)33)17-12-11-15-6-1-2-7-16(15)14-17/h1-4,6-9,11-12,14,20-22H,5,10,13H2/t20-,21-,22-/m1/s1. The highest BCUT2D eigenvalue weighted by Crippen LogP contribution is 2.57. The van der Waals surface area contributed by atoms with Crippen LogP contribution in [0, 0.1) is 11.8 Å². The van der Waals surface area contributed by atoms with E-state index in [1.165, 1.54) is 4.90 Å². The zero-order chi connectivity index (χ0) is 22.5. The first-order valence-electron chi connectivity index (χ1n) is 11.4. The summed E-state index contributed by atoms with van der Waals surface area (Å²) in [6, 6.07) is 19.8. The highest BCUT2D eigenvalue weighted by Gasteiger charge is 2.76. The molecule has 0 unspecified atom stereocenters. The van der Waals surface area contributed by atoms with Crippen LogP contribution in [-0.4, -0.2) is 46.4 Å². The molecule has 1 aliphatic carbocycles. The molecule has 3 atom stereocenters. The Labute approximate surface area is 189 Å². The zero-order valence-corrected chi connectivity index (χ0v) is 17.7. The summed E-state index contributed by atoms with van der Waals surface area (Å²) in [5.74, 6) is -3.08. The number of carbonyl (C=O) groups excluding carboxylic acids is 4. The molecule has 6 nitrogen and oxygen atoms in total. The number of rotatable bonds is 1. The van der Waals surface area contributed by atoms with Crippen molar-refractivity contribution in [2.24, 2.45) is 11.8 Å². The maximum Gasteiger partial charge on any atom is 0.240 e. The quantitative estimate of drug-likeness (QED) is 0.433. The van der Waals surface area contributed by atoms with Gasteiger partial charge in [0, 0.05) is 17.2 Å². The molecule has 3 aromatic carbocycles. The first-order chi connectivity index (χ1) is 16.0. The van der Waals surface area contributed by atoms with E-state index in [1.807, 2.05) is 41.3 Å². The summed E-state index contributed by atoms with van der Waals surface area (Å²) in [6.07, 6.45) is 1.49. The molecule has 3 aliphatic heterocycles. The predicted octanol–water partition coefficient (Wildman–Crippen LogP) is 3.24. The van der Waals surface area contributed by atoms with Gasteiger partial charge < -0.3 is 0 Å². The molecular weight excluding hydrogens is 416 g/mol. The van der Waals surface area contributed by atoms with Gasteiger partial charge in [-0.2, -0.15) is 0 Å². The molecule has 2 amide bonds. The maximum absolute atomic E-state index is 13.9. The van der Waals surface area contributed by atoms with Gasteiger partial charge in [-0.25, -0.2) is 4.90 Å². The predicted molar refractivity (Wildman–Crippen MR) is 121 cm³/mol. The lowest BCUT2D eigenvalue weighted by Gasteiger charge is -2.35. The van der Waals surface area contributed by atoms with Crippen LogP contribution < -0.4 is 4.90 Å². The Morgan fingerprint density at radius 1 is 0.758 bits per heavy atom. The molecule has 3 fully saturated rings. The number of hydrogen-bond donors (Lipinski definition) is 0. The Kier molecular flexibility index (Phi) is 3.57. The maximum atomic E-state index is 13.9. The number of imide groups is 1. The molecule has 162 valence electrons. The van der Waals surface area contributed by atoms with Crippen molar-refractivity contribution in [1.29, 1.82) is 0 Å². The number of hydrogen-bond acceptors (Lipinski definition) is 5. The molecular formula is C27H20N2O4. The number of fused-ring (bicyclic) bond motifs is 7. The summed E-state index contributed by atoms with van der Waals surface area (Å²) < 4.78 is 0. The van der Waals surface area contributed by atoms with Crippen molar-refractivity contribution >= 4 is 39.8 Å². The molecule has 0 bridgehead atoms. The zero-order valence-electron chi connectivity index (χ0n) is 17.7. The summed E-state index contributed by atoms with van der Waals surface area (Å²) in [7, 11) is 0. The van der Waals surface area contributed by atoms with Crippen LogP contribution in [0.4, 0.5) is 5.69 Å². The minimum Gasteiger partial charge on any atom is -0.291 e. The smallest absolute Gasteiger partial charge is 0.240 e. The second-order valence-electron chi connectivity index (χ2n) is 9.42. The van der Waals surface area contributed by atoms with Gasteiger partial charge in [0.15, 0.2) is 17.1 Å². The van der Waals surface area contributed by atoms with Gasteiger partial charge in [-0.3, -0.25) is 24.1 Å². The lowest BCUT2D eigenvalue weighted by atomic mass is 9.76. The van der Waals surface area contributed by atoms with Crippen molar-refractivity contribution in [3.05, 3.63) is 77.9 Å². The van der Waals surface area contributed by atoms with Crippen molar-refractivity contribution in [2.75, 3.05) is 11.4 Å². The van der Waals surface area contributed by atoms with Gasteiger partial charge in [-0.05, 0) is 42.3 Å². The van der Waals surface area contributed by atoms with E-state index in [9.17, 15) is 19.2 Å². The van der Waals surface area contributed by atoms with Crippen LogP contribution in [0.5, 0.6) is 0 Å². The molecule has 0 aromatic heterocycles. The molecule has 1 spiro atoms. The average molecular weight is 436 g/mol. The fraction of sp³-hybridized carbons (Fsp3) is 0.259. The Morgan fingerprint density at radius 3 is 2.15 bits per heavy atom. The van der Waals surface area contributed by atoms with Crippen molar-refractivity contribution in [3.63, 3.8) is 0 Å². The SMILES string of the molecule is O=C1[C@@H]2[C@H]3CCCN3C3(C(=O)c4ccccc4C3=O)[C@H]2C(=O)N1c1ccc2ccccc2c1. The highest BCUT2D eigenvalue weighted by molar-refractivity contribution is 6.37. The minimum absolute atomic E-state index is 0.279. The summed E-state index contributed by atoms with van der Waals surface area (Å²) in [5.41, 5.74) is -0.391. The van der Waals surface area contributed by atoms with E-state index in [-0.39, 0.29) is 23.5 Å². The number of nitrogens with zero attached hydrogens (tertiary/aromatic N) is 2. The molecule has 7 rings (SSSR count). The Balaban J connectivity index is 1.41. The van der Waals surface area contributed by atoms with Crippen LogP contribution >= 0.6 is 0 Å². The first kappa shape index (κ1) is 18.9. The molecule has 3 heterocycles. The van der Waals surface area contributed by atoms with E-state index >= 15 is 0 Å². The Morgan fingerprint density at radius 2 is 1.42 bits per heavy atom. The summed E-state index contributed by atoms with van der Waals surface area (Å²) >= 11 is 0. The van der Waals surface area contributed by atoms with Crippen molar-refractivity contribution in [1.82, 2.24) is 4.90 Å². The van der Waals surface area contributed by atoms with Gasteiger partial charge in [-0.15, -0.1) is 0 Å². The number of amides is 2. The normalized spacial score (nSPS) is 27.6.